The lowest BCUT2D eigenvalue weighted by atomic mass is 10.1. The monoisotopic (exact) mass is 403 g/mol. The molecule has 1 fully saturated rings. The molecule has 2 N–H and O–H groups in total. The first-order valence-electron chi connectivity index (χ1n) is 9.16. The number of methoxy groups -OCH3 is 1. The van der Waals surface area contributed by atoms with Crippen LogP contribution in [0.5, 0.6) is 5.75 Å². The molecule has 0 spiro atoms. The summed E-state index contributed by atoms with van der Waals surface area (Å²) in [6, 6.07) is 10.7. The zero-order valence-electron chi connectivity index (χ0n) is 15.5. The molecule has 6 nitrogen and oxygen atoms in total. The maximum Gasteiger partial charge on any atom is 0.268 e. The Hall–Kier alpha value is -2.58. The maximum absolute atomic E-state index is 13.4. The van der Waals surface area contributed by atoms with Gasteiger partial charge in [-0.05, 0) is 68.4 Å². The van der Waals surface area contributed by atoms with Gasteiger partial charge in [0.05, 0.1) is 23.2 Å². The molecule has 28 heavy (non-hydrogen) atoms. The van der Waals surface area contributed by atoms with Crippen molar-refractivity contribution in [3.8, 4) is 5.75 Å². The molecule has 0 radical (unpaired) electrons. The summed E-state index contributed by atoms with van der Waals surface area (Å²) >= 11 is 0. The summed E-state index contributed by atoms with van der Waals surface area (Å²) in [7, 11) is -2.28. The van der Waals surface area contributed by atoms with E-state index in [4.69, 9.17) is 4.74 Å². The molecule has 148 valence electrons. The van der Waals surface area contributed by atoms with Crippen molar-refractivity contribution in [1.82, 2.24) is 9.29 Å². The molecule has 0 amide bonds. The average Bonchev–Trinajstić information content (AvgIpc) is 3.12. The molecule has 0 unspecified atom stereocenters. The molecule has 0 atom stereocenters. The second kappa shape index (κ2) is 7.44. The third kappa shape index (κ3) is 3.45. The Balaban J connectivity index is 1.73. The van der Waals surface area contributed by atoms with E-state index in [2.05, 4.69) is 10.6 Å². The van der Waals surface area contributed by atoms with Crippen LogP contribution in [-0.4, -0.2) is 38.6 Å². The van der Waals surface area contributed by atoms with Crippen LogP contribution >= 0.6 is 0 Å². The van der Waals surface area contributed by atoms with E-state index in [-0.39, 0.29) is 10.9 Å². The second-order valence-electron chi connectivity index (χ2n) is 6.85. The predicted molar refractivity (Wildman–Crippen MR) is 107 cm³/mol. The number of aromatic nitrogens is 1. The molecule has 0 aliphatic carbocycles. The Kier molecular flexibility index (Phi) is 4.99. The largest absolute Gasteiger partial charge is 0.495 e. The molecule has 3 aromatic rings. The predicted octanol–water partition coefficient (Wildman–Crippen LogP) is 3.19. The molecule has 1 aliphatic heterocycles. The summed E-state index contributed by atoms with van der Waals surface area (Å²) in [6.45, 7) is 1.84. The highest BCUT2D eigenvalue weighted by Crippen LogP contribution is 2.31. The van der Waals surface area contributed by atoms with Gasteiger partial charge >= 0.3 is 0 Å². The number of rotatable bonds is 5. The van der Waals surface area contributed by atoms with Gasteiger partial charge < -0.3 is 15.4 Å². The molecule has 2 aromatic carbocycles. The number of nitrogens with zero attached hydrogens (tertiary/aromatic N) is 1. The fourth-order valence-electron chi connectivity index (χ4n) is 3.56. The molecule has 1 aromatic heterocycles. The van der Waals surface area contributed by atoms with E-state index < -0.39 is 15.8 Å². The van der Waals surface area contributed by atoms with Crippen molar-refractivity contribution < 1.29 is 17.5 Å². The van der Waals surface area contributed by atoms with Crippen LogP contribution in [-0.2, 0) is 10.0 Å². The number of hydrogen-bond acceptors (Lipinski definition) is 5. The minimum absolute atomic E-state index is 0.145. The molecule has 8 heteroatoms. The van der Waals surface area contributed by atoms with Crippen LogP contribution in [0.1, 0.15) is 12.8 Å². The zero-order chi connectivity index (χ0) is 19.7. The molecule has 2 heterocycles. The van der Waals surface area contributed by atoms with Crippen LogP contribution in [0.4, 0.5) is 10.1 Å². The van der Waals surface area contributed by atoms with Crippen LogP contribution in [0.25, 0.3) is 10.9 Å². The minimum Gasteiger partial charge on any atom is -0.495 e. The number of nitrogens with one attached hydrogen (secondary N) is 2. The third-order valence-electron chi connectivity index (χ3n) is 5.04. The maximum atomic E-state index is 13.4. The van der Waals surface area contributed by atoms with Gasteiger partial charge in [-0.2, -0.15) is 0 Å². The van der Waals surface area contributed by atoms with Gasteiger partial charge in [0.2, 0.25) is 0 Å². The SMILES string of the molecule is COc1ccc(S(=O)(=O)n2ccc3cc(F)ccc32)cc1NC1CCNCC1. The second-order valence-corrected chi connectivity index (χ2v) is 8.67. The molecule has 0 saturated carbocycles. The topological polar surface area (TPSA) is 72.4 Å². The summed E-state index contributed by atoms with van der Waals surface area (Å²) in [5.74, 6) is 0.192. The van der Waals surface area contributed by atoms with Crippen LogP contribution in [0, 0.1) is 5.82 Å². The highest BCUT2D eigenvalue weighted by atomic mass is 32.2. The summed E-state index contributed by atoms with van der Waals surface area (Å²) in [6.07, 6.45) is 3.35. The third-order valence-corrected chi connectivity index (χ3v) is 6.73. The lowest BCUT2D eigenvalue weighted by Crippen LogP contribution is -2.35. The van der Waals surface area contributed by atoms with Crippen molar-refractivity contribution in [3.05, 3.63) is 54.5 Å². The number of hydrogen-bond donors (Lipinski definition) is 2. The van der Waals surface area contributed by atoms with Gasteiger partial charge in [-0.15, -0.1) is 0 Å². The van der Waals surface area contributed by atoms with Crippen molar-refractivity contribution in [2.45, 2.75) is 23.8 Å². The number of ether oxygens (including phenoxy) is 1. The van der Waals surface area contributed by atoms with Crippen molar-refractivity contribution in [2.24, 2.45) is 0 Å². The zero-order valence-corrected chi connectivity index (χ0v) is 16.3. The molecule has 1 saturated heterocycles. The number of piperidine rings is 1. The smallest absolute Gasteiger partial charge is 0.268 e. The number of benzene rings is 2. The Morgan fingerprint density at radius 3 is 2.68 bits per heavy atom. The standard InChI is InChI=1S/C20H22FN3O3S/c1-27-20-5-3-17(13-18(20)23-16-6-9-22-10-7-16)28(25,26)24-11-8-14-12-15(21)2-4-19(14)24/h2-5,8,11-13,16,22-23H,6-7,9-10H2,1H3. The fourth-order valence-corrected chi connectivity index (χ4v) is 4.94. The van der Waals surface area contributed by atoms with Crippen molar-refractivity contribution in [1.29, 1.82) is 0 Å². The Labute approximate surface area is 163 Å². The van der Waals surface area contributed by atoms with E-state index in [1.54, 1.807) is 25.3 Å². The first-order chi connectivity index (χ1) is 13.5. The van der Waals surface area contributed by atoms with Gasteiger partial charge in [-0.3, -0.25) is 0 Å². The van der Waals surface area contributed by atoms with E-state index in [1.165, 1.54) is 34.4 Å². The lowest BCUT2D eigenvalue weighted by molar-refractivity contribution is 0.413. The van der Waals surface area contributed by atoms with E-state index in [1.807, 2.05) is 0 Å². The van der Waals surface area contributed by atoms with E-state index in [9.17, 15) is 12.8 Å². The average molecular weight is 403 g/mol. The molecular formula is C20H22FN3O3S. The van der Waals surface area contributed by atoms with Crippen LogP contribution < -0.4 is 15.4 Å². The minimum atomic E-state index is -3.84. The number of fused-ring (bicyclic) bond motifs is 1. The van der Waals surface area contributed by atoms with Crippen LogP contribution in [0.3, 0.4) is 0 Å². The van der Waals surface area contributed by atoms with Crippen LogP contribution in [0.15, 0.2) is 53.6 Å². The number of anilines is 1. The highest BCUT2D eigenvalue weighted by molar-refractivity contribution is 7.90. The first-order valence-corrected chi connectivity index (χ1v) is 10.6. The van der Waals surface area contributed by atoms with Crippen molar-refractivity contribution in [3.63, 3.8) is 0 Å². The van der Waals surface area contributed by atoms with Crippen LogP contribution in [0.2, 0.25) is 0 Å². The van der Waals surface area contributed by atoms with Gasteiger partial charge in [0, 0.05) is 17.6 Å². The van der Waals surface area contributed by atoms with Crippen molar-refractivity contribution >= 4 is 26.6 Å². The summed E-state index contributed by atoms with van der Waals surface area (Å²) in [5.41, 5.74) is 1.09. The quantitative estimate of drug-likeness (QED) is 0.685. The number of halogens is 1. The molecule has 1 aliphatic rings. The van der Waals surface area contributed by atoms with E-state index in [0.29, 0.717) is 22.3 Å². The Morgan fingerprint density at radius 2 is 1.93 bits per heavy atom. The highest BCUT2D eigenvalue weighted by Gasteiger charge is 2.22. The summed E-state index contributed by atoms with van der Waals surface area (Å²) < 4.78 is 46.5. The first kappa shape index (κ1) is 18.8. The van der Waals surface area contributed by atoms with E-state index in [0.717, 1.165) is 25.9 Å². The van der Waals surface area contributed by atoms with Gasteiger partial charge in [0.25, 0.3) is 10.0 Å². The van der Waals surface area contributed by atoms with Gasteiger partial charge in [0.1, 0.15) is 11.6 Å². The Bertz CT molecular complexity index is 1110. The van der Waals surface area contributed by atoms with E-state index >= 15 is 0 Å². The normalized spacial score (nSPS) is 15.6. The van der Waals surface area contributed by atoms with Crippen molar-refractivity contribution in [2.75, 3.05) is 25.5 Å². The molecular weight excluding hydrogens is 381 g/mol. The van der Waals surface area contributed by atoms with Gasteiger partial charge in [0.15, 0.2) is 0 Å². The lowest BCUT2D eigenvalue weighted by Gasteiger charge is -2.25. The Morgan fingerprint density at radius 1 is 1.14 bits per heavy atom. The van der Waals surface area contributed by atoms with Gasteiger partial charge in [-0.1, -0.05) is 0 Å². The molecule has 0 bridgehead atoms. The summed E-state index contributed by atoms with van der Waals surface area (Å²) in [5, 5.41) is 7.25. The molecule has 4 rings (SSSR count). The van der Waals surface area contributed by atoms with Gasteiger partial charge in [-0.25, -0.2) is 16.8 Å². The fraction of sp³-hybridized carbons (Fsp3) is 0.300. The summed E-state index contributed by atoms with van der Waals surface area (Å²) in [4.78, 5) is 0.145.